The Bertz CT molecular complexity index is 688. The number of amides is 1. The summed E-state index contributed by atoms with van der Waals surface area (Å²) >= 11 is 1.39. The number of thioether (sulfide) groups is 1. The molecule has 1 aromatic carbocycles. The molecule has 1 heterocycles. The fraction of sp³-hybridized carbons (Fsp3) is 0.471. The quantitative estimate of drug-likeness (QED) is 0.815. The van der Waals surface area contributed by atoms with Gasteiger partial charge in [-0.15, -0.1) is 10.2 Å². The van der Waals surface area contributed by atoms with E-state index in [-0.39, 0.29) is 17.8 Å². The Morgan fingerprint density at radius 1 is 1.38 bits per heavy atom. The van der Waals surface area contributed by atoms with E-state index in [1.54, 1.807) is 10.9 Å². The largest absolute Gasteiger partial charge is 0.352 e. The van der Waals surface area contributed by atoms with Gasteiger partial charge in [0, 0.05) is 13.1 Å². The fourth-order valence-electron chi connectivity index (χ4n) is 3.18. The number of aromatic nitrogens is 3. The molecule has 0 aliphatic heterocycles. The molecular weight excluding hydrogens is 327 g/mol. The van der Waals surface area contributed by atoms with E-state index in [1.807, 2.05) is 19.2 Å². The Morgan fingerprint density at radius 3 is 2.88 bits per heavy atom. The van der Waals surface area contributed by atoms with Gasteiger partial charge in [0.25, 0.3) is 0 Å². The highest BCUT2D eigenvalue weighted by molar-refractivity contribution is 7.99. The first-order chi connectivity index (χ1) is 11.6. The minimum absolute atomic E-state index is 0.0269. The van der Waals surface area contributed by atoms with Crippen LogP contribution in [0.5, 0.6) is 0 Å². The van der Waals surface area contributed by atoms with Crippen molar-refractivity contribution in [3.8, 4) is 0 Å². The van der Waals surface area contributed by atoms with E-state index in [2.05, 4.69) is 15.5 Å². The summed E-state index contributed by atoms with van der Waals surface area (Å²) in [7, 11) is 1.86. The van der Waals surface area contributed by atoms with Gasteiger partial charge in [0.15, 0.2) is 5.16 Å². The average Bonchev–Trinajstić information content (AvgIpc) is 3.17. The number of aryl methyl sites for hydroxylation is 1. The molecule has 0 radical (unpaired) electrons. The Kier molecular flexibility index (Phi) is 5.50. The van der Waals surface area contributed by atoms with E-state index < -0.39 is 0 Å². The first kappa shape index (κ1) is 17.0. The second-order valence-electron chi connectivity index (χ2n) is 6.21. The maximum atomic E-state index is 13.0. The molecule has 24 heavy (non-hydrogen) atoms. The Morgan fingerprint density at radius 2 is 2.17 bits per heavy atom. The molecule has 1 aliphatic carbocycles. The van der Waals surface area contributed by atoms with Crippen molar-refractivity contribution in [3.63, 3.8) is 0 Å². The number of nitrogens with one attached hydrogen (secondary N) is 1. The van der Waals surface area contributed by atoms with E-state index in [9.17, 15) is 9.18 Å². The SMILES string of the molecule is Cn1cnnc1SCC(=O)N[C@H]1CCC[C@H]1Cc1ccc(F)cc1. The third-order valence-electron chi connectivity index (χ3n) is 4.42. The summed E-state index contributed by atoms with van der Waals surface area (Å²) in [5, 5.41) is 11.7. The van der Waals surface area contributed by atoms with Crippen molar-refractivity contribution in [2.24, 2.45) is 13.0 Å². The van der Waals surface area contributed by atoms with Crippen molar-refractivity contribution < 1.29 is 9.18 Å². The number of benzene rings is 1. The van der Waals surface area contributed by atoms with Crippen molar-refractivity contribution in [3.05, 3.63) is 42.0 Å². The van der Waals surface area contributed by atoms with Crippen LogP contribution in [0.3, 0.4) is 0 Å². The number of hydrogen-bond acceptors (Lipinski definition) is 4. The minimum Gasteiger partial charge on any atom is -0.352 e. The first-order valence-electron chi connectivity index (χ1n) is 8.12. The zero-order valence-corrected chi connectivity index (χ0v) is 14.4. The maximum absolute atomic E-state index is 13.0. The highest BCUT2D eigenvalue weighted by atomic mass is 32.2. The lowest BCUT2D eigenvalue weighted by Crippen LogP contribution is -2.39. The van der Waals surface area contributed by atoms with Crippen LogP contribution in [0.25, 0.3) is 0 Å². The van der Waals surface area contributed by atoms with Gasteiger partial charge in [-0.3, -0.25) is 4.79 Å². The van der Waals surface area contributed by atoms with Gasteiger partial charge in [-0.05, 0) is 42.9 Å². The van der Waals surface area contributed by atoms with Crippen molar-refractivity contribution in [2.75, 3.05) is 5.75 Å². The average molecular weight is 348 g/mol. The molecule has 1 aromatic heterocycles. The fourth-order valence-corrected chi connectivity index (χ4v) is 3.88. The number of nitrogens with zero attached hydrogens (tertiary/aromatic N) is 3. The molecule has 3 rings (SSSR count). The smallest absolute Gasteiger partial charge is 0.230 e. The van der Waals surface area contributed by atoms with Gasteiger partial charge < -0.3 is 9.88 Å². The summed E-state index contributed by atoms with van der Waals surface area (Å²) in [6.45, 7) is 0. The standard InChI is InChI=1S/C17H21FN4OS/c1-22-11-19-21-17(22)24-10-16(23)20-15-4-2-3-13(15)9-12-5-7-14(18)8-6-12/h5-8,11,13,15H,2-4,9-10H2,1H3,(H,20,23)/t13-,15-/m0/s1. The molecule has 1 fully saturated rings. The second kappa shape index (κ2) is 7.79. The van der Waals surface area contributed by atoms with Crippen LogP contribution in [0.2, 0.25) is 0 Å². The van der Waals surface area contributed by atoms with Crippen LogP contribution >= 0.6 is 11.8 Å². The zero-order chi connectivity index (χ0) is 16.9. The molecule has 1 saturated carbocycles. The summed E-state index contributed by atoms with van der Waals surface area (Å²) in [4.78, 5) is 12.2. The molecule has 0 bridgehead atoms. The van der Waals surface area contributed by atoms with Crippen LogP contribution < -0.4 is 5.32 Å². The molecule has 0 unspecified atom stereocenters. The molecule has 1 aliphatic rings. The second-order valence-corrected chi connectivity index (χ2v) is 7.15. The lowest BCUT2D eigenvalue weighted by Gasteiger charge is -2.21. The van der Waals surface area contributed by atoms with Crippen LogP contribution in [-0.4, -0.2) is 32.5 Å². The highest BCUT2D eigenvalue weighted by Crippen LogP contribution is 2.29. The van der Waals surface area contributed by atoms with Crippen LogP contribution in [0, 0.1) is 11.7 Å². The number of hydrogen-bond donors (Lipinski definition) is 1. The first-order valence-corrected chi connectivity index (χ1v) is 9.11. The molecule has 7 heteroatoms. The van der Waals surface area contributed by atoms with Crippen LogP contribution in [0.15, 0.2) is 35.7 Å². The van der Waals surface area contributed by atoms with E-state index in [4.69, 9.17) is 0 Å². The van der Waals surface area contributed by atoms with Gasteiger partial charge in [0.2, 0.25) is 5.91 Å². The van der Waals surface area contributed by atoms with Gasteiger partial charge in [0.05, 0.1) is 5.75 Å². The van der Waals surface area contributed by atoms with Crippen molar-refractivity contribution in [1.82, 2.24) is 20.1 Å². The lowest BCUT2D eigenvalue weighted by molar-refractivity contribution is -0.119. The molecule has 2 aromatic rings. The van der Waals surface area contributed by atoms with Gasteiger partial charge in [-0.1, -0.05) is 30.3 Å². The molecule has 5 nitrogen and oxygen atoms in total. The third-order valence-corrected chi connectivity index (χ3v) is 5.45. The molecule has 1 amide bonds. The monoisotopic (exact) mass is 348 g/mol. The summed E-state index contributed by atoms with van der Waals surface area (Å²) in [5.41, 5.74) is 1.12. The lowest BCUT2D eigenvalue weighted by atomic mass is 9.94. The molecule has 0 saturated heterocycles. The van der Waals surface area contributed by atoms with Crippen molar-refractivity contribution >= 4 is 17.7 Å². The Hall–Kier alpha value is -1.89. The van der Waals surface area contributed by atoms with Crippen LogP contribution in [-0.2, 0) is 18.3 Å². The predicted molar refractivity (Wildman–Crippen MR) is 91.1 cm³/mol. The molecule has 0 spiro atoms. The summed E-state index contributed by atoms with van der Waals surface area (Å²) in [5.74, 6) is 0.570. The van der Waals surface area contributed by atoms with Gasteiger partial charge in [0.1, 0.15) is 12.1 Å². The van der Waals surface area contributed by atoms with Crippen molar-refractivity contribution in [2.45, 2.75) is 36.9 Å². The predicted octanol–water partition coefficient (Wildman–Crippen LogP) is 2.57. The Balaban J connectivity index is 1.50. The molecular formula is C17H21FN4OS. The Labute approximate surface area is 145 Å². The summed E-state index contributed by atoms with van der Waals surface area (Å²) in [6, 6.07) is 6.85. The maximum Gasteiger partial charge on any atom is 0.230 e. The zero-order valence-electron chi connectivity index (χ0n) is 13.6. The number of halogens is 1. The van der Waals surface area contributed by atoms with Crippen LogP contribution in [0.1, 0.15) is 24.8 Å². The number of carbonyl (C=O) groups is 1. The van der Waals surface area contributed by atoms with Crippen LogP contribution in [0.4, 0.5) is 4.39 Å². The van der Waals surface area contributed by atoms with E-state index >= 15 is 0 Å². The van der Waals surface area contributed by atoms with E-state index in [0.717, 1.165) is 36.4 Å². The van der Waals surface area contributed by atoms with E-state index in [1.165, 1.54) is 23.9 Å². The van der Waals surface area contributed by atoms with Gasteiger partial charge in [-0.25, -0.2) is 4.39 Å². The summed E-state index contributed by atoms with van der Waals surface area (Å²) in [6.07, 6.45) is 5.72. The molecule has 1 N–H and O–H groups in total. The van der Waals surface area contributed by atoms with E-state index in [0.29, 0.717) is 11.7 Å². The minimum atomic E-state index is -0.212. The molecule has 128 valence electrons. The normalized spacial score (nSPS) is 20.2. The molecule has 2 atom stereocenters. The third kappa shape index (κ3) is 4.35. The topological polar surface area (TPSA) is 59.8 Å². The van der Waals surface area contributed by atoms with Gasteiger partial charge >= 0.3 is 0 Å². The van der Waals surface area contributed by atoms with Crippen molar-refractivity contribution in [1.29, 1.82) is 0 Å². The number of carbonyl (C=O) groups excluding carboxylic acids is 1. The number of rotatable bonds is 6. The highest BCUT2D eigenvalue weighted by Gasteiger charge is 2.28. The van der Waals surface area contributed by atoms with Gasteiger partial charge in [-0.2, -0.15) is 0 Å². The summed E-state index contributed by atoms with van der Waals surface area (Å²) < 4.78 is 14.8.